The van der Waals surface area contributed by atoms with E-state index < -0.39 is 15.6 Å². The van der Waals surface area contributed by atoms with E-state index in [1.165, 1.54) is 18.6 Å². The fourth-order valence-electron chi connectivity index (χ4n) is 7.52. The standard InChI is InChI=1S/C37H43N7O4S/c1-24-9-6-10-25(2)33(24)30-18-32-41-35(40-30)42-49(46,47)29-14-7-11-26(17-29)34(45)44(37(23-48-32)16-15-36(3,4)22-37)21-27-19-38-20-31(39-27)43(5)28-12-8-13-28/h6-7,9-11,14,17-20,28H,8,12-13,15-16,21-23H2,1-5H3,(H,40,41,42). The predicted octanol–water partition coefficient (Wildman–Crippen LogP) is 6.32. The van der Waals surface area contributed by atoms with Gasteiger partial charge in [-0.1, -0.05) is 38.1 Å². The maximum atomic E-state index is 14.8. The van der Waals surface area contributed by atoms with Gasteiger partial charge in [0.05, 0.1) is 40.8 Å². The molecule has 2 fully saturated rings. The molecule has 1 spiro atoms. The molecule has 2 saturated carbocycles. The lowest BCUT2D eigenvalue weighted by Gasteiger charge is -2.42. The van der Waals surface area contributed by atoms with Crippen molar-refractivity contribution in [2.24, 2.45) is 5.41 Å². The number of amides is 1. The minimum atomic E-state index is -4.17. The van der Waals surface area contributed by atoms with Crippen LogP contribution in [0.5, 0.6) is 5.88 Å². The molecule has 11 nitrogen and oxygen atoms in total. The molecule has 1 atom stereocenters. The van der Waals surface area contributed by atoms with Crippen LogP contribution in [0.25, 0.3) is 11.3 Å². The van der Waals surface area contributed by atoms with Gasteiger partial charge < -0.3 is 14.5 Å². The Morgan fingerprint density at radius 1 is 1.00 bits per heavy atom. The number of nitrogens with zero attached hydrogens (tertiary/aromatic N) is 6. The lowest BCUT2D eigenvalue weighted by Crippen LogP contribution is -2.54. The number of anilines is 2. The van der Waals surface area contributed by atoms with E-state index in [4.69, 9.17) is 9.72 Å². The molecule has 12 heteroatoms. The Morgan fingerprint density at radius 3 is 2.45 bits per heavy atom. The Morgan fingerprint density at radius 2 is 1.76 bits per heavy atom. The van der Waals surface area contributed by atoms with Gasteiger partial charge >= 0.3 is 0 Å². The number of fused-ring (bicyclic) bond motifs is 4. The van der Waals surface area contributed by atoms with E-state index in [-0.39, 0.29) is 46.8 Å². The van der Waals surface area contributed by atoms with Crippen LogP contribution < -0.4 is 14.4 Å². The molecule has 1 unspecified atom stereocenters. The van der Waals surface area contributed by atoms with Gasteiger partial charge in [0, 0.05) is 30.3 Å². The lowest BCUT2D eigenvalue weighted by molar-refractivity contribution is 0.0216. The minimum Gasteiger partial charge on any atom is -0.475 e. The molecular weight excluding hydrogens is 639 g/mol. The van der Waals surface area contributed by atoms with Crippen molar-refractivity contribution in [1.29, 1.82) is 0 Å². The molecule has 0 saturated heterocycles. The number of hydrogen-bond acceptors (Lipinski definition) is 9. The van der Waals surface area contributed by atoms with E-state index in [1.807, 2.05) is 44.0 Å². The highest BCUT2D eigenvalue weighted by Crippen LogP contribution is 2.48. The monoisotopic (exact) mass is 681 g/mol. The van der Waals surface area contributed by atoms with Crippen molar-refractivity contribution in [2.45, 2.75) is 89.2 Å². The highest BCUT2D eigenvalue weighted by Gasteiger charge is 2.50. The zero-order chi connectivity index (χ0) is 34.6. The highest BCUT2D eigenvalue weighted by atomic mass is 32.2. The molecule has 1 N–H and O–H groups in total. The van der Waals surface area contributed by atoms with Gasteiger partial charge in [-0.05, 0) is 87.1 Å². The fourth-order valence-corrected chi connectivity index (χ4v) is 8.51. The van der Waals surface area contributed by atoms with E-state index >= 15 is 0 Å². The molecule has 3 heterocycles. The largest absolute Gasteiger partial charge is 0.475 e. The summed E-state index contributed by atoms with van der Waals surface area (Å²) in [6.07, 6.45) is 9.13. The van der Waals surface area contributed by atoms with E-state index in [2.05, 4.69) is 38.4 Å². The first-order valence-corrected chi connectivity index (χ1v) is 18.4. The van der Waals surface area contributed by atoms with Crippen LogP contribution in [0.1, 0.15) is 79.6 Å². The van der Waals surface area contributed by atoms with Gasteiger partial charge in [0.1, 0.15) is 12.4 Å². The lowest BCUT2D eigenvalue weighted by atomic mass is 9.86. The van der Waals surface area contributed by atoms with Gasteiger partial charge in [0.15, 0.2) is 0 Å². The van der Waals surface area contributed by atoms with Crippen molar-refractivity contribution < 1.29 is 17.9 Å². The van der Waals surface area contributed by atoms with Crippen LogP contribution in [0.4, 0.5) is 11.8 Å². The van der Waals surface area contributed by atoms with Crippen LogP contribution in [0.15, 0.2) is 65.8 Å². The Labute approximate surface area is 288 Å². The van der Waals surface area contributed by atoms with E-state index in [0.29, 0.717) is 30.3 Å². The van der Waals surface area contributed by atoms with Gasteiger partial charge in [-0.15, -0.1) is 0 Å². The number of nitrogens with one attached hydrogen (secondary N) is 1. The third-order valence-corrected chi connectivity index (χ3v) is 11.7. The van der Waals surface area contributed by atoms with Gasteiger partial charge in [0.2, 0.25) is 11.8 Å². The molecule has 49 heavy (non-hydrogen) atoms. The maximum Gasteiger partial charge on any atom is 0.264 e. The number of hydrogen-bond donors (Lipinski definition) is 1. The molecule has 2 aromatic heterocycles. The second-order valence-electron chi connectivity index (χ2n) is 14.6. The SMILES string of the molecule is Cc1cccc(C)c1-c1cc2nc(n1)NS(=O)(=O)c1cccc(c1)C(=O)N(Cc1cncc(N(C)C3CCC3)n1)C1(CCC(C)(C)C1)CO2. The first-order valence-electron chi connectivity index (χ1n) is 16.9. The molecule has 4 bridgehead atoms. The number of carbonyl (C=O) groups excluding carboxylic acids is 1. The van der Waals surface area contributed by atoms with Crippen LogP contribution in [-0.4, -0.2) is 64.4 Å². The Balaban J connectivity index is 1.37. The molecule has 4 aromatic rings. The Bertz CT molecular complexity index is 2010. The van der Waals surface area contributed by atoms with Crippen molar-refractivity contribution in [2.75, 3.05) is 23.3 Å². The van der Waals surface area contributed by atoms with Crippen molar-refractivity contribution in [3.05, 3.63) is 83.3 Å². The molecule has 0 radical (unpaired) electrons. The van der Waals surface area contributed by atoms with E-state index in [9.17, 15) is 13.2 Å². The quantitative estimate of drug-likeness (QED) is 0.257. The number of aromatic nitrogens is 4. The van der Waals surface area contributed by atoms with Crippen LogP contribution in [0.2, 0.25) is 0 Å². The van der Waals surface area contributed by atoms with Crippen molar-refractivity contribution in [3.8, 4) is 17.1 Å². The van der Waals surface area contributed by atoms with Crippen LogP contribution in [-0.2, 0) is 16.6 Å². The van der Waals surface area contributed by atoms with Crippen LogP contribution >= 0.6 is 0 Å². The average molecular weight is 682 g/mol. The summed E-state index contributed by atoms with van der Waals surface area (Å²) < 4.78 is 36.7. The smallest absolute Gasteiger partial charge is 0.264 e. The molecule has 7 rings (SSSR count). The molecule has 1 aliphatic heterocycles. The fraction of sp³-hybridized carbons (Fsp3) is 0.432. The summed E-state index contributed by atoms with van der Waals surface area (Å²) in [7, 11) is -2.13. The third kappa shape index (κ3) is 6.46. The highest BCUT2D eigenvalue weighted by molar-refractivity contribution is 7.92. The normalized spacial score (nSPS) is 21.5. The summed E-state index contributed by atoms with van der Waals surface area (Å²) in [6, 6.07) is 14.3. The third-order valence-electron chi connectivity index (χ3n) is 10.4. The zero-order valence-electron chi connectivity index (χ0n) is 28.7. The summed E-state index contributed by atoms with van der Waals surface area (Å²) in [4.78, 5) is 37.4. The zero-order valence-corrected chi connectivity index (χ0v) is 29.5. The molecule has 3 aliphatic rings. The number of carbonyl (C=O) groups is 1. The summed E-state index contributed by atoms with van der Waals surface area (Å²) >= 11 is 0. The number of aryl methyl sites for hydroxylation is 2. The van der Waals surface area contributed by atoms with Crippen LogP contribution in [0.3, 0.4) is 0 Å². The summed E-state index contributed by atoms with van der Waals surface area (Å²) in [5.74, 6) is 0.582. The van der Waals surface area contributed by atoms with Crippen molar-refractivity contribution in [1.82, 2.24) is 24.8 Å². The topological polar surface area (TPSA) is 131 Å². The number of ether oxygens (including phenoxy) is 1. The van der Waals surface area contributed by atoms with Crippen LogP contribution in [0, 0.1) is 19.3 Å². The van der Waals surface area contributed by atoms with E-state index in [1.54, 1.807) is 30.6 Å². The first kappa shape index (κ1) is 32.9. The summed E-state index contributed by atoms with van der Waals surface area (Å²) in [5.41, 5.74) is 3.46. The minimum absolute atomic E-state index is 0.0641. The maximum absolute atomic E-state index is 14.8. The number of sulfonamides is 1. The van der Waals surface area contributed by atoms with Gasteiger partial charge in [-0.3, -0.25) is 9.78 Å². The molecular formula is C37H43N7O4S. The average Bonchev–Trinajstić information content (AvgIpc) is 3.36. The predicted molar refractivity (Wildman–Crippen MR) is 188 cm³/mol. The second kappa shape index (κ2) is 12.4. The second-order valence-corrected chi connectivity index (χ2v) is 16.3. The first-order chi connectivity index (χ1) is 23.3. The van der Waals surface area contributed by atoms with Crippen molar-refractivity contribution >= 4 is 27.7 Å². The number of benzene rings is 2. The molecule has 2 aromatic carbocycles. The number of rotatable bonds is 5. The van der Waals surface area contributed by atoms with Crippen molar-refractivity contribution in [3.63, 3.8) is 0 Å². The summed E-state index contributed by atoms with van der Waals surface area (Å²) in [6.45, 7) is 8.71. The van der Waals surface area contributed by atoms with Gasteiger partial charge in [-0.2, -0.15) is 4.98 Å². The van der Waals surface area contributed by atoms with Gasteiger partial charge in [0.25, 0.3) is 15.9 Å². The van der Waals surface area contributed by atoms with Gasteiger partial charge in [-0.25, -0.2) is 23.1 Å². The molecule has 1 amide bonds. The summed E-state index contributed by atoms with van der Waals surface area (Å²) in [5, 5.41) is 0. The molecule has 256 valence electrons. The van der Waals surface area contributed by atoms with E-state index in [0.717, 1.165) is 41.8 Å². The molecule has 2 aliphatic carbocycles. The Hall–Kier alpha value is -4.58. The Kier molecular flexibility index (Phi) is 8.33.